The van der Waals surface area contributed by atoms with Gasteiger partial charge in [-0.2, -0.15) is 0 Å². The smallest absolute Gasteiger partial charge is 0.335 e. The Morgan fingerprint density at radius 3 is 2.43 bits per heavy atom. The lowest BCUT2D eigenvalue weighted by Crippen LogP contribution is -2.37. The Balaban J connectivity index is 1.22. The third-order valence-corrected chi connectivity index (χ3v) is 13.1. The van der Waals surface area contributed by atoms with Crippen LogP contribution in [0.2, 0.25) is 5.02 Å². The normalized spacial score (nSPS) is 17.8. The minimum absolute atomic E-state index is 0.345. The summed E-state index contributed by atoms with van der Waals surface area (Å²) in [6, 6.07) is 29.0. The maximum Gasteiger partial charge on any atom is 0.335 e. The second kappa shape index (κ2) is 15.6. The fourth-order valence-electron chi connectivity index (χ4n) is 10.0. The van der Waals surface area contributed by atoms with E-state index in [9.17, 15) is 9.90 Å². The molecule has 1 unspecified atom stereocenters. The number of aromatic nitrogens is 2. The number of carboxylic acids is 1. The van der Waals surface area contributed by atoms with E-state index in [0.717, 1.165) is 90.0 Å². The summed E-state index contributed by atoms with van der Waals surface area (Å²) in [5.41, 5.74) is 11.5. The van der Waals surface area contributed by atoms with Crippen LogP contribution in [0.15, 0.2) is 84.9 Å². The van der Waals surface area contributed by atoms with Crippen LogP contribution in [0.4, 0.5) is 5.69 Å². The number of likely N-dealkylation sites (tertiary alicyclic amines) is 1. The molecule has 1 atom stereocenters. The van der Waals surface area contributed by atoms with Crippen LogP contribution in [0, 0.1) is 5.92 Å². The third kappa shape index (κ3) is 6.83. The Hall–Kier alpha value is -4.85. The zero-order chi connectivity index (χ0) is 38.3. The van der Waals surface area contributed by atoms with Gasteiger partial charge in [-0.25, -0.2) is 9.78 Å². The number of fused-ring (bicyclic) bond motifs is 7. The van der Waals surface area contributed by atoms with Crippen molar-refractivity contribution in [2.75, 3.05) is 44.7 Å². The van der Waals surface area contributed by atoms with E-state index < -0.39 is 5.97 Å². The van der Waals surface area contributed by atoms with E-state index in [1.807, 2.05) is 24.3 Å². The highest BCUT2D eigenvalue weighted by molar-refractivity contribution is 6.30. The van der Waals surface area contributed by atoms with Crippen molar-refractivity contribution in [3.63, 3.8) is 0 Å². The molecule has 8 heteroatoms. The van der Waals surface area contributed by atoms with Crippen molar-refractivity contribution in [2.24, 2.45) is 5.92 Å². The Labute approximate surface area is 334 Å². The summed E-state index contributed by atoms with van der Waals surface area (Å²) >= 11 is 6.29. The van der Waals surface area contributed by atoms with Crippen LogP contribution in [0.1, 0.15) is 80.1 Å². The van der Waals surface area contributed by atoms with Crippen molar-refractivity contribution in [3.05, 3.63) is 101 Å². The van der Waals surface area contributed by atoms with Crippen LogP contribution in [0.5, 0.6) is 5.75 Å². The lowest BCUT2D eigenvalue weighted by molar-refractivity contribution is 0.0697. The Morgan fingerprint density at radius 2 is 1.64 bits per heavy atom. The van der Waals surface area contributed by atoms with Crippen LogP contribution in [0.25, 0.3) is 55.4 Å². The molecule has 2 aliphatic heterocycles. The van der Waals surface area contributed by atoms with Gasteiger partial charge in [-0.05, 0) is 134 Å². The van der Waals surface area contributed by atoms with Gasteiger partial charge in [0.25, 0.3) is 0 Å². The van der Waals surface area contributed by atoms with Crippen molar-refractivity contribution in [1.82, 2.24) is 14.5 Å². The van der Waals surface area contributed by atoms with Gasteiger partial charge in [0.2, 0.25) is 0 Å². The molecule has 4 aromatic carbocycles. The molecular weight excluding hydrogens is 716 g/mol. The van der Waals surface area contributed by atoms with Gasteiger partial charge in [0.1, 0.15) is 5.75 Å². The van der Waals surface area contributed by atoms with E-state index in [4.69, 9.17) is 21.3 Å². The number of methoxy groups -OCH3 is 1. The van der Waals surface area contributed by atoms with E-state index in [1.54, 1.807) is 13.2 Å². The first-order valence-corrected chi connectivity index (χ1v) is 21.0. The second-order valence-electron chi connectivity index (χ2n) is 16.1. The van der Waals surface area contributed by atoms with Crippen molar-refractivity contribution in [2.45, 2.75) is 70.8 Å². The number of pyridine rings is 1. The number of hydrogen-bond acceptors (Lipinski definition) is 5. The number of anilines is 1. The number of carboxylic acid groups (broad SMARTS) is 1. The largest absolute Gasteiger partial charge is 0.497 e. The number of piperidine rings is 1. The minimum atomic E-state index is -0.881. The molecule has 0 radical (unpaired) electrons. The number of hydrogen-bond donors (Lipinski definition) is 1. The number of nitrogens with zero attached hydrogens (tertiary/aromatic N) is 4. The van der Waals surface area contributed by atoms with Crippen LogP contribution in [-0.2, 0) is 6.54 Å². The molecule has 288 valence electrons. The molecule has 2 aromatic heterocycles. The summed E-state index contributed by atoms with van der Waals surface area (Å²) in [6.07, 6.45) is 9.74. The number of carbonyl (C=O) groups is 1. The lowest BCUT2D eigenvalue weighted by atomic mass is 9.81. The second-order valence-corrected chi connectivity index (χ2v) is 16.5. The number of rotatable bonds is 9. The number of halogens is 1. The van der Waals surface area contributed by atoms with E-state index >= 15 is 0 Å². The summed E-state index contributed by atoms with van der Waals surface area (Å²) < 4.78 is 8.18. The van der Waals surface area contributed by atoms with Gasteiger partial charge in [-0.1, -0.05) is 62.1 Å². The average molecular weight is 767 g/mol. The number of benzene rings is 4. The summed E-state index contributed by atoms with van der Waals surface area (Å²) in [5.74, 6) is 1.01. The molecule has 4 heterocycles. The first-order chi connectivity index (χ1) is 27.4. The molecule has 1 saturated heterocycles. The van der Waals surface area contributed by atoms with Gasteiger partial charge < -0.3 is 24.2 Å². The summed E-state index contributed by atoms with van der Waals surface area (Å²) in [6.45, 7) is 8.37. The van der Waals surface area contributed by atoms with Gasteiger partial charge in [0.05, 0.1) is 35.3 Å². The topological polar surface area (TPSA) is 70.8 Å². The fourth-order valence-corrected chi connectivity index (χ4v) is 10.1. The van der Waals surface area contributed by atoms with Crippen molar-refractivity contribution in [3.8, 4) is 39.4 Å². The van der Waals surface area contributed by atoms with Crippen LogP contribution in [-0.4, -0.2) is 65.4 Å². The Kier molecular flexibility index (Phi) is 10.2. The predicted molar refractivity (Wildman–Crippen MR) is 230 cm³/mol. The van der Waals surface area contributed by atoms with Gasteiger partial charge in [0, 0.05) is 58.6 Å². The van der Waals surface area contributed by atoms with E-state index in [1.165, 1.54) is 73.1 Å². The van der Waals surface area contributed by atoms with Gasteiger partial charge in [0.15, 0.2) is 0 Å². The molecule has 9 rings (SSSR count). The monoisotopic (exact) mass is 766 g/mol. The first kappa shape index (κ1) is 36.8. The number of ether oxygens (including phenoxy) is 1. The maximum atomic E-state index is 12.3. The molecule has 1 saturated carbocycles. The lowest BCUT2D eigenvalue weighted by Gasteiger charge is -2.34. The zero-order valence-electron chi connectivity index (χ0n) is 32.6. The Morgan fingerprint density at radius 1 is 0.839 bits per heavy atom. The summed E-state index contributed by atoms with van der Waals surface area (Å²) in [5, 5.41) is 13.2. The Bertz CT molecular complexity index is 2410. The van der Waals surface area contributed by atoms with E-state index in [2.05, 4.69) is 75.9 Å². The maximum absolute atomic E-state index is 12.3. The molecular formula is C48H51ClN4O3. The van der Waals surface area contributed by atoms with Crippen LogP contribution in [0.3, 0.4) is 0 Å². The van der Waals surface area contributed by atoms with Gasteiger partial charge >= 0.3 is 5.97 Å². The molecule has 6 aromatic rings. The van der Waals surface area contributed by atoms with Crippen molar-refractivity contribution < 1.29 is 14.6 Å². The average Bonchev–Trinajstić information content (AvgIpc) is 3.47. The molecule has 7 nitrogen and oxygen atoms in total. The first-order valence-electron chi connectivity index (χ1n) is 20.7. The summed E-state index contributed by atoms with van der Waals surface area (Å²) in [7, 11) is 1.70. The third-order valence-electron chi connectivity index (χ3n) is 12.9. The molecule has 0 amide bonds. The molecule has 56 heavy (non-hydrogen) atoms. The zero-order valence-corrected chi connectivity index (χ0v) is 33.3. The standard InChI is InChI=1S/C48H51ClN4O3/c1-3-51-24-7-8-31(30-51)23-25-52-26-27-53-44-28-34(48(54)55)13-17-39(44)45(33-9-5-4-6-10-33)47(53)40-20-22-42-38(46(40)52)19-21-43(50-42)41-29-36(56-2)16-18-37(41)32-11-14-35(49)15-12-32/h11-22,28-29,31,33H,3-10,23-27,30H2,1-2H3,(H,54,55). The van der Waals surface area contributed by atoms with Crippen LogP contribution >= 0.6 is 11.6 Å². The van der Waals surface area contributed by atoms with Gasteiger partial charge in [-0.15, -0.1) is 0 Å². The van der Waals surface area contributed by atoms with E-state index in [0.29, 0.717) is 22.4 Å². The summed E-state index contributed by atoms with van der Waals surface area (Å²) in [4.78, 5) is 23.0. The molecule has 1 aliphatic carbocycles. The predicted octanol–water partition coefficient (Wildman–Crippen LogP) is 11.5. The van der Waals surface area contributed by atoms with Crippen molar-refractivity contribution in [1.29, 1.82) is 0 Å². The number of aromatic carboxylic acids is 1. The molecule has 0 spiro atoms. The van der Waals surface area contributed by atoms with Crippen molar-refractivity contribution >= 4 is 45.1 Å². The molecule has 0 bridgehead atoms. The highest BCUT2D eigenvalue weighted by atomic mass is 35.5. The van der Waals surface area contributed by atoms with Gasteiger partial charge in [-0.3, -0.25) is 0 Å². The highest BCUT2D eigenvalue weighted by Crippen LogP contribution is 2.49. The highest BCUT2D eigenvalue weighted by Gasteiger charge is 2.32. The molecule has 2 fully saturated rings. The van der Waals surface area contributed by atoms with E-state index in [-0.39, 0.29) is 0 Å². The molecule has 1 N–H and O–H groups in total. The molecule has 3 aliphatic rings. The minimum Gasteiger partial charge on any atom is -0.497 e. The van der Waals surface area contributed by atoms with Crippen LogP contribution < -0.4 is 9.64 Å². The fraction of sp³-hybridized carbons (Fsp3) is 0.375. The quantitative estimate of drug-likeness (QED) is 0.158. The SMILES string of the molecule is CCN1CCCC(CCN2CCn3c(c(C4CCCCC4)c4ccc(C(=O)O)cc43)-c3ccc4nc(-c5cc(OC)ccc5-c5ccc(Cl)cc5)ccc4c32)C1.